The van der Waals surface area contributed by atoms with Crippen LogP contribution in [0.4, 0.5) is 14.9 Å². The van der Waals surface area contributed by atoms with Crippen LogP contribution in [0.15, 0.2) is 76.1 Å². The van der Waals surface area contributed by atoms with Crippen molar-refractivity contribution < 1.29 is 27.9 Å². The van der Waals surface area contributed by atoms with Crippen LogP contribution in [0.5, 0.6) is 0 Å². The molecule has 4 heterocycles. The zero-order valence-corrected chi connectivity index (χ0v) is 22.0. The number of aromatic nitrogens is 1. The third-order valence-corrected chi connectivity index (χ3v) is 7.48. The van der Waals surface area contributed by atoms with Gasteiger partial charge in [0.1, 0.15) is 30.3 Å². The number of amides is 3. The number of furan rings is 1. The highest BCUT2D eigenvalue weighted by Gasteiger charge is 2.35. The zero-order chi connectivity index (χ0) is 28.5. The minimum absolute atomic E-state index is 0.0373. The smallest absolute Gasteiger partial charge is 0.414 e. The van der Waals surface area contributed by atoms with Gasteiger partial charge in [-0.3, -0.25) is 19.3 Å². The van der Waals surface area contributed by atoms with Gasteiger partial charge in [-0.15, -0.1) is 0 Å². The number of carbonyl (C=O) groups excluding carboxylic acids is 3. The van der Waals surface area contributed by atoms with E-state index < -0.39 is 17.8 Å². The van der Waals surface area contributed by atoms with Gasteiger partial charge in [-0.1, -0.05) is 24.3 Å². The summed E-state index contributed by atoms with van der Waals surface area (Å²) >= 11 is 0. The number of para-hydroxylation sites is 1. The number of hydrogen-bond donors (Lipinski definition) is 1. The number of rotatable bonds is 6. The summed E-state index contributed by atoms with van der Waals surface area (Å²) in [5, 5.41) is 3.21. The van der Waals surface area contributed by atoms with Gasteiger partial charge in [-0.05, 0) is 37.1 Å². The average molecular weight is 559 g/mol. The van der Waals surface area contributed by atoms with E-state index >= 15 is 4.39 Å². The van der Waals surface area contributed by atoms with Crippen molar-refractivity contribution in [1.82, 2.24) is 14.8 Å². The maximum absolute atomic E-state index is 15.0. The molecule has 0 bridgehead atoms. The SMILES string of the molecule is O=C(Cn1ccccc1=O)NCc1cc2cc(C(=O)N3CCC(N4C(=O)OCc5ccccc54)CC3)c(F)cc2o1. The van der Waals surface area contributed by atoms with Gasteiger partial charge in [-0.25, -0.2) is 9.18 Å². The molecule has 4 aromatic rings. The van der Waals surface area contributed by atoms with E-state index in [1.54, 1.807) is 28.0 Å². The molecule has 0 aliphatic carbocycles. The van der Waals surface area contributed by atoms with Gasteiger partial charge in [0.2, 0.25) is 5.91 Å². The van der Waals surface area contributed by atoms with E-state index in [0.29, 0.717) is 37.1 Å². The van der Waals surface area contributed by atoms with E-state index in [0.717, 1.165) is 11.3 Å². The molecule has 3 amide bonds. The van der Waals surface area contributed by atoms with Crippen LogP contribution in [-0.2, 0) is 29.2 Å². The predicted molar refractivity (Wildman–Crippen MR) is 147 cm³/mol. The molecule has 1 fully saturated rings. The van der Waals surface area contributed by atoms with E-state index in [4.69, 9.17) is 9.15 Å². The van der Waals surface area contributed by atoms with Gasteiger partial charge in [0.15, 0.2) is 0 Å². The molecule has 1 N–H and O–H groups in total. The standard InChI is InChI=1S/C30H27FN4O6/c31-24-15-26-20(13-22(41-26)16-32-27(36)17-34-10-4-3-7-28(34)37)14-23(24)29(38)33-11-8-21(9-12-33)35-25-6-2-1-5-19(25)18-40-30(35)39/h1-7,10,13-15,21H,8-9,11-12,16-18H2,(H,32,36). The lowest BCUT2D eigenvalue weighted by Gasteiger charge is -2.40. The number of ether oxygens (including phenoxy) is 1. The van der Waals surface area contributed by atoms with Crippen molar-refractivity contribution in [2.45, 2.75) is 38.6 Å². The van der Waals surface area contributed by atoms with Crippen molar-refractivity contribution >= 4 is 34.6 Å². The molecule has 11 heteroatoms. The Morgan fingerprint density at radius 1 is 1.00 bits per heavy atom. The Labute approximate surface area is 233 Å². The number of pyridine rings is 1. The largest absolute Gasteiger partial charge is 0.459 e. The number of nitrogens with one attached hydrogen (secondary N) is 1. The van der Waals surface area contributed by atoms with Crippen molar-refractivity contribution in [1.29, 1.82) is 0 Å². The fourth-order valence-electron chi connectivity index (χ4n) is 5.37. The van der Waals surface area contributed by atoms with Crippen LogP contribution in [-0.4, -0.2) is 46.5 Å². The van der Waals surface area contributed by atoms with Crippen LogP contribution >= 0.6 is 0 Å². The monoisotopic (exact) mass is 558 g/mol. The molecule has 0 spiro atoms. The summed E-state index contributed by atoms with van der Waals surface area (Å²) in [5.41, 5.74) is 1.65. The molecule has 6 rings (SSSR count). The molecule has 2 aromatic heterocycles. The van der Waals surface area contributed by atoms with E-state index in [1.807, 2.05) is 24.3 Å². The fraction of sp³-hybridized carbons (Fsp3) is 0.267. The lowest BCUT2D eigenvalue weighted by Crippen LogP contribution is -2.50. The van der Waals surface area contributed by atoms with Crippen LogP contribution in [0.3, 0.4) is 0 Å². The number of likely N-dealkylation sites (tertiary alicyclic amines) is 1. The summed E-state index contributed by atoms with van der Waals surface area (Å²) in [6, 6.07) is 16.4. The minimum Gasteiger partial charge on any atom is -0.459 e. The first-order chi connectivity index (χ1) is 19.9. The summed E-state index contributed by atoms with van der Waals surface area (Å²) in [4.78, 5) is 53.2. The number of carbonyl (C=O) groups is 3. The molecule has 10 nitrogen and oxygen atoms in total. The molecular weight excluding hydrogens is 531 g/mol. The van der Waals surface area contributed by atoms with E-state index in [-0.39, 0.29) is 48.4 Å². The average Bonchev–Trinajstić information content (AvgIpc) is 3.38. The molecule has 2 aromatic carbocycles. The van der Waals surface area contributed by atoms with Gasteiger partial charge in [0, 0.05) is 48.4 Å². The van der Waals surface area contributed by atoms with Crippen molar-refractivity contribution in [3.05, 3.63) is 99.9 Å². The predicted octanol–water partition coefficient (Wildman–Crippen LogP) is 3.81. The first-order valence-electron chi connectivity index (χ1n) is 13.3. The Hall–Kier alpha value is -4.93. The number of piperidine rings is 1. The second kappa shape index (κ2) is 10.9. The highest BCUT2D eigenvalue weighted by atomic mass is 19.1. The van der Waals surface area contributed by atoms with E-state index in [2.05, 4.69) is 5.32 Å². The van der Waals surface area contributed by atoms with Crippen LogP contribution in [0.25, 0.3) is 11.0 Å². The minimum atomic E-state index is -0.702. The third-order valence-electron chi connectivity index (χ3n) is 7.48. The lowest BCUT2D eigenvalue weighted by atomic mass is 10.00. The van der Waals surface area contributed by atoms with Crippen LogP contribution in [0.2, 0.25) is 0 Å². The Morgan fingerprint density at radius 2 is 1.78 bits per heavy atom. The molecular formula is C30H27FN4O6. The first kappa shape index (κ1) is 26.3. The van der Waals surface area contributed by atoms with Crippen LogP contribution in [0, 0.1) is 5.82 Å². The van der Waals surface area contributed by atoms with Gasteiger partial charge in [-0.2, -0.15) is 0 Å². The molecule has 0 radical (unpaired) electrons. The second-order valence-electron chi connectivity index (χ2n) is 10.1. The molecule has 0 saturated carbocycles. The van der Waals surface area contributed by atoms with Crippen molar-refractivity contribution in [2.24, 2.45) is 0 Å². The van der Waals surface area contributed by atoms with Crippen molar-refractivity contribution in [3.8, 4) is 0 Å². The summed E-state index contributed by atoms with van der Waals surface area (Å²) in [7, 11) is 0. The first-order valence-corrected chi connectivity index (χ1v) is 13.3. The Morgan fingerprint density at radius 3 is 2.59 bits per heavy atom. The number of halogens is 1. The quantitative estimate of drug-likeness (QED) is 0.385. The lowest BCUT2D eigenvalue weighted by molar-refractivity contribution is -0.121. The van der Waals surface area contributed by atoms with Crippen molar-refractivity contribution in [3.63, 3.8) is 0 Å². The van der Waals surface area contributed by atoms with Gasteiger partial charge in [0.05, 0.1) is 17.8 Å². The highest BCUT2D eigenvalue weighted by Crippen LogP contribution is 2.32. The number of benzene rings is 2. The number of hydrogen-bond acceptors (Lipinski definition) is 6. The maximum atomic E-state index is 15.0. The molecule has 0 unspecified atom stereocenters. The summed E-state index contributed by atoms with van der Waals surface area (Å²) in [5.74, 6) is -1.14. The van der Waals surface area contributed by atoms with Gasteiger partial charge < -0.3 is 23.9 Å². The second-order valence-corrected chi connectivity index (χ2v) is 10.1. The van der Waals surface area contributed by atoms with Gasteiger partial charge >= 0.3 is 6.09 Å². The summed E-state index contributed by atoms with van der Waals surface area (Å²) < 4.78 is 27.3. The molecule has 41 heavy (non-hydrogen) atoms. The van der Waals surface area contributed by atoms with Crippen LogP contribution < -0.4 is 15.8 Å². The molecule has 1 saturated heterocycles. The third kappa shape index (κ3) is 5.30. The summed E-state index contributed by atoms with van der Waals surface area (Å²) in [6.07, 6.45) is 2.19. The number of nitrogens with zero attached hydrogens (tertiary/aromatic N) is 3. The Balaban J connectivity index is 1.10. The van der Waals surface area contributed by atoms with E-state index in [9.17, 15) is 19.2 Å². The van der Waals surface area contributed by atoms with E-state index in [1.165, 1.54) is 29.0 Å². The number of cyclic esters (lactones) is 1. The molecule has 210 valence electrons. The van der Waals surface area contributed by atoms with Crippen LogP contribution in [0.1, 0.15) is 34.5 Å². The normalized spacial score (nSPS) is 15.5. The highest BCUT2D eigenvalue weighted by molar-refractivity contribution is 5.98. The maximum Gasteiger partial charge on any atom is 0.414 e. The number of anilines is 1. The number of fused-ring (bicyclic) bond motifs is 2. The zero-order valence-electron chi connectivity index (χ0n) is 22.0. The molecule has 2 aliphatic rings. The van der Waals surface area contributed by atoms with Gasteiger partial charge in [0.25, 0.3) is 11.5 Å². The fourth-order valence-corrected chi connectivity index (χ4v) is 5.37. The topological polar surface area (TPSA) is 114 Å². The molecule has 2 aliphatic heterocycles. The van der Waals surface area contributed by atoms with Crippen molar-refractivity contribution in [2.75, 3.05) is 18.0 Å². The summed E-state index contributed by atoms with van der Waals surface area (Å²) in [6.45, 7) is 0.854. The molecule has 0 atom stereocenters. The Bertz CT molecular complexity index is 1700. The Kier molecular flexibility index (Phi) is 7.00.